The maximum Gasteiger partial charge on any atom is 0.408 e. The van der Waals surface area contributed by atoms with Gasteiger partial charge in [0, 0.05) is 4.47 Å². The zero-order valence-electron chi connectivity index (χ0n) is 14.5. The molecule has 1 atom stereocenters. The number of esters is 1. The summed E-state index contributed by atoms with van der Waals surface area (Å²) >= 11 is 3.23. The van der Waals surface area contributed by atoms with E-state index in [1.807, 2.05) is 0 Å². The van der Waals surface area contributed by atoms with Gasteiger partial charge in [-0.15, -0.1) is 0 Å². The Bertz CT molecular complexity index is 613. The molecule has 0 fully saturated rings. The number of benzene rings is 1. The van der Waals surface area contributed by atoms with Crippen molar-refractivity contribution in [2.75, 3.05) is 6.61 Å². The van der Waals surface area contributed by atoms with E-state index in [2.05, 4.69) is 21.2 Å². The molecule has 0 bridgehead atoms. The summed E-state index contributed by atoms with van der Waals surface area (Å²) in [6.07, 6.45) is -0.805. The molecule has 0 saturated carbocycles. The first-order chi connectivity index (χ1) is 11.0. The van der Waals surface area contributed by atoms with Gasteiger partial charge in [0.05, 0.1) is 19.1 Å². The average molecular weight is 404 g/mol. The Balaban J connectivity index is 3.10. The second-order valence-electron chi connectivity index (χ2n) is 6.31. The summed E-state index contributed by atoms with van der Waals surface area (Å²) < 4.78 is 24.7. The first-order valence-corrected chi connectivity index (χ1v) is 8.43. The molecular formula is C17H23BrFNO4. The van der Waals surface area contributed by atoms with Crippen molar-refractivity contribution in [2.24, 2.45) is 0 Å². The highest BCUT2D eigenvalue weighted by atomic mass is 79.9. The minimum absolute atomic E-state index is 0.121. The largest absolute Gasteiger partial charge is 0.466 e. The Hall–Kier alpha value is -1.63. The minimum Gasteiger partial charge on any atom is -0.466 e. The predicted molar refractivity (Wildman–Crippen MR) is 92.2 cm³/mol. The molecule has 1 amide bonds. The molecule has 134 valence electrons. The molecule has 0 saturated heterocycles. The molecule has 0 spiro atoms. The summed E-state index contributed by atoms with van der Waals surface area (Å²) in [5.74, 6) is -0.919. The van der Waals surface area contributed by atoms with E-state index in [1.165, 1.54) is 6.07 Å². The van der Waals surface area contributed by atoms with Gasteiger partial charge in [0.1, 0.15) is 11.4 Å². The lowest BCUT2D eigenvalue weighted by Crippen LogP contribution is -2.36. The quantitative estimate of drug-likeness (QED) is 0.739. The van der Waals surface area contributed by atoms with E-state index in [0.29, 0.717) is 15.6 Å². The molecule has 24 heavy (non-hydrogen) atoms. The Morgan fingerprint density at radius 2 is 1.96 bits per heavy atom. The fourth-order valence-corrected chi connectivity index (χ4v) is 2.55. The van der Waals surface area contributed by atoms with Crippen LogP contribution in [0.1, 0.15) is 51.3 Å². The third-order valence-electron chi connectivity index (χ3n) is 3.09. The molecule has 0 aliphatic carbocycles. The van der Waals surface area contributed by atoms with Crippen molar-refractivity contribution >= 4 is 28.0 Å². The van der Waals surface area contributed by atoms with Crippen molar-refractivity contribution in [1.82, 2.24) is 5.32 Å². The SMILES string of the molecule is CCOC(=O)CC(NC(=O)OC(C)(C)C)c1cc(Br)cc(F)c1C. The minimum atomic E-state index is -0.758. The lowest BCUT2D eigenvalue weighted by Gasteiger charge is -2.24. The lowest BCUT2D eigenvalue weighted by atomic mass is 9.98. The molecule has 1 unspecified atom stereocenters. The molecule has 7 heteroatoms. The van der Waals surface area contributed by atoms with Crippen molar-refractivity contribution in [3.63, 3.8) is 0 Å². The van der Waals surface area contributed by atoms with Gasteiger partial charge in [-0.2, -0.15) is 0 Å². The number of amides is 1. The van der Waals surface area contributed by atoms with Gasteiger partial charge >= 0.3 is 12.1 Å². The normalized spacial score (nSPS) is 12.5. The Morgan fingerprint density at radius 3 is 2.50 bits per heavy atom. The predicted octanol–water partition coefficient (Wildman–Crippen LogP) is 4.42. The van der Waals surface area contributed by atoms with Crippen LogP contribution in [0.3, 0.4) is 0 Å². The van der Waals surface area contributed by atoms with E-state index in [1.54, 1.807) is 40.7 Å². The lowest BCUT2D eigenvalue weighted by molar-refractivity contribution is -0.143. The first-order valence-electron chi connectivity index (χ1n) is 7.64. The van der Waals surface area contributed by atoms with Crippen LogP contribution in [0.2, 0.25) is 0 Å². The highest BCUT2D eigenvalue weighted by molar-refractivity contribution is 9.10. The smallest absolute Gasteiger partial charge is 0.408 e. The number of halogens is 2. The second-order valence-corrected chi connectivity index (χ2v) is 7.23. The van der Waals surface area contributed by atoms with Gasteiger partial charge in [0.2, 0.25) is 0 Å². The van der Waals surface area contributed by atoms with E-state index < -0.39 is 29.5 Å². The monoisotopic (exact) mass is 403 g/mol. The van der Waals surface area contributed by atoms with Crippen molar-refractivity contribution in [1.29, 1.82) is 0 Å². The van der Waals surface area contributed by atoms with Crippen LogP contribution in [-0.4, -0.2) is 24.3 Å². The number of hydrogen-bond acceptors (Lipinski definition) is 4. The van der Waals surface area contributed by atoms with Gasteiger partial charge < -0.3 is 14.8 Å². The highest BCUT2D eigenvalue weighted by Gasteiger charge is 2.25. The fraction of sp³-hybridized carbons (Fsp3) is 0.529. The van der Waals surface area contributed by atoms with E-state index in [-0.39, 0.29) is 13.0 Å². The number of ether oxygens (including phenoxy) is 2. The Labute approximate surface area is 150 Å². The van der Waals surface area contributed by atoms with Gasteiger partial charge in [-0.25, -0.2) is 9.18 Å². The van der Waals surface area contributed by atoms with Gasteiger partial charge in [0.25, 0.3) is 0 Å². The molecule has 0 aliphatic heterocycles. The zero-order valence-corrected chi connectivity index (χ0v) is 16.1. The molecule has 0 aliphatic rings. The molecule has 0 aromatic heterocycles. The highest BCUT2D eigenvalue weighted by Crippen LogP contribution is 2.27. The molecule has 1 aromatic carbocycles. The van der Waals surface area contributed by atoms with E-state index in [0.717, 1.165) is 0 Å². The molecule has 0 radical (unpaired) electrons. The van der Waals surface area contributed by atoms with Gasteiger partial charge in [-0.05, 0) is 57.9 Å². The summed E-state index contributed by atoms with van der Waals surface area (Å²) in [5.41, 5.74) is 0.153. The van der Waals surface area contributed by atoms with Crippen molar-refractivity contribution in [3.8, 4) is 0 Å². The summed E-state index contributed by atoms with van der Waals surface area (Å²) in [4.78, 5) is 23.9. The molecule has 1 rings (SSSR count). The van der Waals surface area contributed by atoms with Crippen LogP contribution < -0.4 is 5.32 Å². The van der Waals surface area contributed by atoms with Crippen molar-refractivity contribution < 1.29 is 23.5 Å². The summed E-state index contributed by atoms with van der Waals surface area (Å²) in [6.45, 7) is 8.71. The Morgan fingerprint density at radius 1 is 1.33 bits per heavy atom. The molecular weight excluding hydrogens is 381 g/mol. The van der Waals surface area contributed by atoms with Crippen LogP contribution in [0.4, 0.5) is 9.18 Å². The van der Waals surface area contributed by atoms with Crippen LogP contribution in [0.25, 0.3) is 0 Å². The van der Waals surface area contributed by atoms with Crippen LogP contribution in [-0.2, 0) is 14.3 Å². The van der Waals surface area contributed by atoms with Crippen molar-refractivity contribution in [3.05, 3.63) is 33.5 Å². The fourth-order valence-electron chi connectivity index (χ4n) is 2.10. The van der Waals surface area contributed by atoms with E-state index in [4.69, 9.17) is 9.47 Å². The van der Waals surface area contributed by atoms with E-state index >= 15 is 0 Å². The molecule has 1 N–H and O–H groups in total. The number of rotatable bonds is 5. The third-order valence-corrected chi connectivity index (χ3v) is 3.55. The number of carbonyl (C=O) groups is 2. The Kier molecular flexibility index (Phi) is 7.20. The molecule has 0 heterocycles. The first kappa shape index (κ1) is 20.4. The summed E-state index contributed by atoms with van der Waals surface area (Å²) in [5, 5.41) is 2.62. The maximum absolute atomic E-state index is 14.0. The van der Waals surface area contributed by atoms with Gasteiger partial charge in [0.15, 0.2) is 0 Å². The molecule has 5 nitrogen and oxygen atoms in total. The standard InChI is InChI=1S/C17H23BrFNO4/c1-6-23-15(21)9-14(20-16(22)24-17(3,4)5)12-7-11(18)8-13(19)10(12)2/h7-8,14H,6,9H2,1-5H3,(H,20,22). The maximum atomic E-state index is 14.0. The molecule has 1 aromatic rings. The second kappa shape index (κ2) is 8.46. The van der Waals surface area contributed by atoms with Gasteiger partial charge in [-0.3, -0.25) is 4.79 Å². The van der Waals surface area contributed by atoms with Gasteiger partial charge in [-0.1, -0.05) is 15.9 Å². The third kappa shape index (κ3) is 6.47. The number of hydrogen-bond donors (Lipinski definition) is 1. The topological polar surface area (TPSA) is 64.6 Å². The number of nitrogens with one attached hydrogen (secondary N) is 1. The number of carbonyl (C=O) groups excluding carboxylic acids is 2. The summed E-state index contributed by atoms with van der Waals surface area (Å²) in [7, 11) is 0. The van der Waals surface area contributed by atoms with Crippen LogP contribution >= 0.6 is 15.9 Å². The average Bonchev–Trinajstić information content (AvgIpc) is 2.40. The van der Waals surface area contributed by atoms with Crippen molar-refractivity contribution in [2.45, 2.75) is 52.7 Å². The van der Waals surface area contributed by atoms with Crippen LogP contribution in [0, 0.1) is 12.7 Å². The zero-order chi connectivity index (χ0) is 18.5. The number of alkyl carbamates (subject to hydrolysis) is 1. The summed E-state index contributed by atoms with van der Waals surface area (Å²) in [6, 6.07) is 2.24. The van der Waals surface area contributed by atoms with Crippen LogP contribution in [0.5, 0.6) is 0 Å². The van der Waals surface area contributed by atoms with E-state index in [9.17, 15) is 14.0 Å². The van der Waals surface area contributed by atoms with Crippen LogP contribution in [0.15, 0.2) is 16.6 Å².